The third-order valence-electron chi connectivity index (χ3n) is 5.11. The maximum Gasteiger partial charge on any atom is 0.139 e. The second-order valence-electron chi connectivity index (χ2n) is 6.94. The molecule has 4 rings (SSSR count). The highest BCUT2D eigenvalue weighted by Gasteiger charge is 2.51. The van der Waals surface area contributed by atoms with E-state index in [9.17, 15) is 4.39 Å². The van der Waals surface area contributed by atoms with Gasteiger partial charge in [-0.25, -0.2) is 4.39 Å². The number of nitrogens with zero attached hydrogens (tertiary/aromatic N) is 3. The van der Waals surface area contributed by atoms with E-state index in [1.807, 2.05) is 12.3 Å². The quantitative estimate of drug-likeness (QED) is 0.772. The molecule has 3 nitrogen and oxygen atoms in total. The summed E-state index contributed by atoms with van der Waals surface area (Å²) in [5.74, 6) is -0.252. The van der Waals surface area contributed by atoms with Gasteiger partial charge in [0.05, 0.1) is 21.9 Å². The first-order valence-corrected chi connectivity index (χ1v) is 8.44. The third-order valence-corrected chi connectivity index (χ3v) is 5.72. The highest BCUT2D eigenvalue weighted by atomic mass is 79.9. The van der Waals surface area contributed by atoms with E-state index in [1.54, 1.807) is 0 Å². The molecule has 0 radical (unpaired) electrons. The van der Waals surface area contributed by atoms with E-state index in [4.69, 9.17) is 0 Å². The molecular formula is C17H19BrFN3. The van der Waals surface area contributed by atoms with Gasteiger partial charge in [-0.2, -0.15) is 0 Å². The summed E-state index contributed by atoms with van der Waals surface area (Å²) >= 11 is 3.33. The Kier molecular flexibility index (Phi) is 3.04. The first kappa shape index (κ1) is 14.4. The van der Waals surface area contributed by atoms with Crippen LogP contribution in [0.25, 0.3) is 10.9 Å². The monoisotopic (exact) mass is 363 g/mol. The molecule has 5 heteroatoms. The topological polar surface area (TPSA) is 19.4 Å². The fraction of sp³-hybridized carbons (Fsp3) is 0.471. The van der Waals surface area contributed by atoms with Crippen molar-refractivity contribution < 1.29 is 4.39 Å². The number of halogens is 2. The van der Waals surface area contributed by atoms with Crippen molar-refractivity contribution in [2.45, 2.75) is 25.3 Å². The molecule has 0 aliphatic carbocycles. The number of hydrogen-bond donors (Lipinski definition) is 0. The van der Waals surface area contributed by atoms with Gasteiger partial charge in [-0.1, -0.05) is 0 Å². The van der Waals surface area contributed by atoms with Gasteiger partial charge in [-0.3, -0.25) is 9.88 Å². The number of rotatable bonds is 1. The van der Waals surface area contributed by atoms with Crippen LogP contribution < -0.4 is 4.90 Å². The Morgan fingerprint density at radius 1 is 1.27 bits per heavy atom. The van der Waals surface area contributed by atoms with Gasteiger partial charge in [0.25, 0.3) is 0 Å². The summed E-state index contributed by atoms with van der Waals surface area (Å²) in [4.78, 5) is 9.25. The summed E-state index contributed by atoms with van der Waals surface area (Å²) in [6, 6.07) is 4.00. The van der Waals surface area contributed by atoms with Gasteiger partial charge < -0.3 is 4.90 Å². The van der Waals surface area contributed by atoms with Crippen LogP contribution in [0.1, 0.15) is 19.4 Å². The van der Waals surface area contributed by atoms with Gasteiger partial charge in [-0.05, 0) is 41.4 Å². The molecule has 1 spiro atoms. The predicted octanol–water partition coefficient (Wildman–Crippen LogP) is 3.55. The van der Waals surface area contributed by atoms with Crippen molar-refractivity contribution in [2.24, 2.45) is 0 Å². The maximum atomic E-state index is 13.8. The van der Waals surface area contributed by atoms with Gasteiger partial charge in [-0.15, -0.1) is 0 Å². The van der Waals surface area contributed by atoms with Gasteiger partial charge in [0.2, 0.25) is 0 Å². The number of pyridine rings is 1. The van der Waals surface area contributed by atoms with E-state index >= 15 is 0 Å². The Hall–Kier alpha value is -1.20. The molecule has 0 N–H and O–H groups in total. The molecule has 2 aromatic rings. The molecule has 1 aromatic heterocycles. The largest absolute Gasteiger partial charge is 0.372 e. The molecule has 1 saturated heterocycles. The normalized spacial score (nSPS) is 20.0. The number of fused-ring (bicyclic) bond motifs is 4. The van der Waals surface area contributed by atoms with Gasteiger partial charge in [0.1, 0.15) is 5.82 Å². The number of aromatic nitrogens is 1. The Labute approximate surface area is 138 Å². The zero-order valence-corrected chi connectivity index (χ0v) is 14.6. The van der Waals surface area contributed by atoms with Gasteiger partial charge >= 0.3 is 0 Å². The SMILES string of the molecule is CC(C)N1CC2(CN(C)c3cnc4cc(F)c(Br)cc4c32)C1. The van der Waals surface area contributed by atoms with E-state index in [1.165, 1.54) is 17.3 Å². The molecule has 2 aliphatic heterocycles. The van der Waals surface area contributed by atoms with Crippen molar-refractivity contribution in [3.05, 3.63) is 34.2 Å². The second kappa shape index (κ2) is 4.65. The van der Waals surface area contributed by atoms with Crippen LogP contribution in [0.15, 0.2) is 22.8 Å². The molecule has 0 unspecified atom stereocenters. The molecule has 0 amide bonds. The van der Waals surface area contributed by atoms with Crippen molar-refractivity contribution in [3.8, 4) is 0 Å². The minimum Gasteiger partial charge on any atom is -0.372 e. The van der Waals surface area contributed by atoms with Crippen LogP contribution in [0, 0.1) is 5.82 Å². The van der Waals surface area contributed by atoms with Crippen molar-refractivity contribution in [3.63, 3.8) is 0 Å². The Morgan fingerprint density at radius 3 is 2.68 bits per heavy atom. The Balaban J connectivity index is 1.91. The molecular weight excluding hydrogens is 345 g/mol. The van der Waals surface area contributed by atoms with E-state index in [-0.39, 0.29) is 11.2 Å². The molecule has 0 saturated carbocycles. The van der Waals surface area contributed by atoms with Crippen LogP contribution >= 0.6 is 15.9 Å². The van der Waals surface area contributed by atoms with Gasteiger partial charge in [0, 0.05) is 49.6 Å². The fourth-order valence-corrected chi connectivity index (χ4v) is 4.34. The minimum absolute atomic E-state index is 0.160. The molecule has 1 aromatic carbocycles. The highest BCUT2D eigenvalue weighted by Crippen LogP contribution is 2.49. The van der Waals surface area contributed by atoms with Crippen molar-refractivity contribution >= 4 is 32.5 Å². The highest BCUT2D eigenvalue weighted by molar-refractivity contribution is 9.10. The lowest BCUT2D eigenvalue weighted by Crippen LogP contribution is -2.62. The summed E-state index contributed by atoms with van der Waals surface area (Å²) in [6.07, 6.45) is 1.90. The molecule has 0 bridgehead atoms. The summed E-state index contributed by atoms with van der Waals surface area (Å²) in [5.41, 5.74) is 3.44. The standard InChI is InChI=1S/C17H19BrFN3/c1-10(2)22-8-17(9-22)7-21(3)15-6-20-14-5-13(19)12(18)4-11(14)16(15)17/h4-6,10H,7-9H2,1-3H3. The summed E-state index contributed by atoms with van der Waals surface area (Å²) in [7, 11) is 2.12. The lowest BCUT2D eigenvalue weighted by atomic mass is 9.73. The van der Waals surface area contributed by atoms with E-state index in [2.05, 4.69) is 51.6 Å². The molecule has 0 atom stereocenters. The molecule has 3 heterocycles. The second-order valence-corrected chi connectivity index (χ2v) is 7.79. The summed E-state index contributed by atoms with van der Waals surface area (Å²) < 4.78 is 14.3. The fourth-order valence-electron chi connectivity index (χ4n) is 4.00. The first-order valence-electron chi connectivity index (χ1n) is 7.65. The minimum atomic E-state index is -0.252. The Morgan fingerprint density at radius 2 is 2.00 bits per heavy atom. The van der Waals surface area contributed by atoms with Crippen LogP contribution in [-0.4, -0.2) is 42.6 Å². The van der Waals surface area contributed by atoms with Crippen molar-refractivity contribution in [1.29, 1.82) is 0 Å². The summed E-state index contributed by atoms with van der Waals surface area (Å²) in [5, 5.41) is 1.08. The van der Waals surface area contributed by atoms with Crippen molar-refractivity contribution in [1.82, 2.24) is 9.88 Å². The lowest BCUT2D eigenvalue weighted by Gasteiger charge is -2.50. The van der Waals surface area contributed by atoms with E-state index < -0.39 is 0 Å². The number of likely N-dealkylation sites (N-methyl/N-ethyl adjacent to an activating group) is 1. The van der Waals surface area contributed by atoms with Crippen LogP contribution in [0.2, 0.25) is 0 Å². The number of benzene rings is 1. The summed E-state index contributed by atoms with van der Waals surface area (Å²) in [6.45, 7) is 7.62. The average Bonchev–Trinajstić information content (AvgIpc) is 2.72. The smallest absolute Gasteiger partial charge is 0.139 e. The molecule has 1 fully saturated rings. The molecule has 22 heavy (non-hydrogen) atoms. The number of hydrogen-bond acceptors (Lipinski definition) is 3. The van der Waals surface area contributed by atoms with Crippen LogP contribution in [-0.2, 0) is 5.41 Å². The zero-order valence-electron chi connectivity index (χ0n) is 13.0. The third kappa shape index (κ3) is 1.85. The molecule has 116 valence electrons. The lowest BCUT2D eigenvalue weighted by molar-refractivity contribution is 0.0472. The van der Waals surface area contributed by atoms with Crippen molar-refractivity contribution in [2.75, 3.05) is 31.6 Å². The predicted molar refractivity (Wildman–Crippen MR) is 91.1 cm³/mol. The zero-order chi connectivity index (χ0) is 15.6. The van der Waals surface area contributed by atoms with Gasteiger partial charge in [0.15, 0.2) is 0 Å². The molecule has 2 aliphatic rings. The number of likely N-dealkylation sites (tertiary alicyclic amines) is 1. The van der Waals surface area contributed by atoms with E-state index in [0.717, 1.165) is 30.5 Å². The van der Waals surface area contributed by atoms with E-state index in [0.29, 0.717) is 10.5 Å². The van der Waals surface area contributed by atoms with Crippen LogP contribution in [0.4, 0.5) is 10.1 Å². The number of anilines is 1. The van der Waals surface area contributed by atoms with Crippen LogP contribution in [0.3, 0.4) is 0 Å². The maximum absolute atomic E-state index is 13.8. The van der Waals surface area contributed by atoms with Crippen LogP contribution in [0.5, 0.6) is 0 Å². The first-order chi connectivity index (χ1) is 10.4. The average molecular weight is 364 g/mol. The Bertz CT molecular complexity index is 768.